The van der Waals surface area contributed by atoms with E-state index in [4.69, 9.17) is 11.6 Å². The van der Waals surface area contributed by atoms with Gasteiger partial charge in [-0.15, -0.1) is 12.4 Å². The highest BCUT2D eigenvalue weighted by Crippen LogP contribution is 2.37. The molecule has 0 unspecified atom stereocenters. The Bertz CT molecular complexity index is 1130. The third-order valence-electron chi connectivity index (χ3n) is 5.15. The zero-order chi connectivity index (χ0) is 19.3. The molecule has 0 amide bonds. The van der Waals surface area contributed by atoms with Gasteiger partial charge in [0.15, 0.2) is 0 Å². The van der Waals surface area contributed by atoms with Crippen molar-refractivity contribution in [3.8, 4) is 0 Å². The van der Waals surface area contributed by atoms with Crippen LogP contribution in [0.25, 0.3) is 10.9 Å². The molecule has 0 aliphatic carbocycles. The molecule has 3 heterocycles. The summed E-state index contributed by atoms with van der Waals surface area (Å²) in [6, 6.07) is 5.37. The van der Waals surface area contributed by atoms with E-state index >= 15 is 0 Å². The van der Waals surface area contributed by atoms with Crippen molar-refractivity contribution in [3.63, 3.8) is 0 Å². The average molecular weight is 444 g/mol. The summed E-state index contributed by atoms with van der Waals surface area (Å²) in [6.07, 6.45) is 1.61. The van der Waals surface area contributed by atoms with Gasteiger partial charge in [0.2, 0.25) is 0 Å². The molecule has 3 aromatic rings. The smallest absolute Gasteiger partial charge is 0.271 e. The molecular formula is C18H23Cl2N5O2S. The molecule has 1 aliphatic rings. The molecule has 0 spiro atoms. The second-order valence-corrected chi connectivity index (χ2v) is 8.96. The van der Waals surface area contributed by atoms with Gasteiger partial charge in [0.25, 0.3) is 10.0 Å². The lowest BCUT2D eigenvalue weighted by atomic mass is 10.2. The molecule has 1 N–H and O–H groups in total. The van der Waals surface area contributed by atoms with Crippen LogP contribution in [0.15, 0.2) is 29.3 Å². The minimum Gasteiger partial charge on any atom is -0.367 e. The van der Waals surface area contributed by atoms with E-state index in [0.717, 1.165) is 37.3 Å². The number of hydrogen-bond acceptors (Lipinski definition) is 5. The van der Waals surface area contributed by atoms with E-state index in [1.807, 2.05) is 6.07 Å². The van der Waals surface area contributed by atoms with Gasteiger partial charge in [-0.3, -0.25) is 4.68 Å². The van der Waals surface area contributed by atoms with Gasteiger partial charge in [0.05, 0.1) is 27.6 Å². The maximum Gasteiger partial charge on any atom is 0.271 e. The highest BCUT2D eigenvalue weighted by molar-refractivity contribution is 7.90. The van der Waals surface area contributed by atoms with Crippen molar-refractivity contribution in [2.45, 2.75) is 18.7 Å². The van der Waals surface area contributed by atoms with E-state index in [-0.39, 0.29) is 17.3 Å². The second kappa shape index (κ2) is 7.59. The molecule has 1 aliphatic heterocycles. The Morgan fingerprint density at radius 1 is 1.14 bits per heavy atom. The van der Waals surface area contributed by atoms with Gasteiger partial charge in [0, 0.05) is 44.8 Å². The Morgan fingerprint density at radius 2 is 1.82 bits per heavy atom. The summed E-state index contributed by atoms with van der Waals surface area (Å²) in [5.74, 6) is 0. The SMILES string of the molecule is Cc1nn(C)c(C)c1S(=O)(=O)n1ccc2c(N3CCNCC3)c(Cl)ccc21.Cl. The molecule has 1 saturated heterocycles. The van der Waals surface area contributed by atoms with Crippen molar-refractivity contribution < 1.29 is 8.42 Å². The van der Waals surface area contributed by atoms with Crippen LogP contribution in [-0.4, -0.2) is 48.3 Å². The van der Waals surface area contributed by atoms with Gasteiger partial charge >= 0.3 is 0 Å². The summed E-state index contributed by atoms with van der Waals surface area (Å²) in [6.45, 7) is 6.89. The number of halogens is 2. The minimum atomic E-state index is -3.76. The Hall–Kier alpha value is -1.74. The predicted octanol–water partition coefficient (Wildman–Crippen LogP) is 2.71. The number of fused-ring (bicyclic) bond motifs is 1. The van der Waals surface area contributed by atoms with Gasteiger partial charge in [-0.1, -0.05) is 11.6 Å². The standard InChI is InChI=1S/C18H22ClN5O2S.ClH/c1-12-18(13(2)22(3)21-12)27(25,26)24-9-6-14-16(24)5-4-15(19)17(14)23-10-7-20-8-11-23;/h4-6,9,20H,7-8,10-11H2,1-3H3;1H. The second-order valence-electron chi connectivity index (χ2n) is 6.81. The number of rotatable bonds is 3. The molecule has 2 aromatic heterocycles. The number of aromatic nitrogens is 3. The zero-order valence-corrected chi connectivity index (χ0v) is 18.3. The number of piperazine rings is 1. The summed E-state index contributed by atoms with van der Waals surface area (Å²) in [5, 5.41) is 9.06. The lowest BCUT2D eigenvalue weighted by molar-refractivity contribution is 0.587. The zero-order valence-electron chi connectivity index (χ0n) is 15.9. The van der Waals surface area contributed by atoms with Crippen LogP contribution in [0, 0.1) is 13.8 Å². The largest absolute Gasteiger partial charge is 0.367 e. The van der Waals surface area contributed by atoms with Crippen LogP contribution < -0.4 is 10.2 Å². The Morgan fingerprint density at radius 3 is 2.43 bits per heavy atom. The van der Waals surface area contributed by atoms with Gasteiger partial charge in [-0.25, -0.2) is 12.4 Å². The van der Waals surface area contributed by atoms with Crippen LogP contribution in [0.5, 0.6) is 0 Å². The van der Waals surface area contributed by atoms with Gasteiger partial charge < -0.3 is 10.2 Å². The number of hydrogen-bond donors (Lipinski definition) is 1. The third-order valence-corrected chi connectivity index (χ3v) is 7.40. The fourth-order valence-corrected chi connectivity index (χ4v) is 5.83. The molecule has 28 heavy (non-hydrogen) atoms. The van der Waals surface area contributed by atoms with Crippen molar-refractivity contribution in [3.05, 3.63) is 40.8 Å². The van der Waals surface area contributed by atoms with Crippen LogP contribution in [0.2, 0.25) is 5.02 Å². The number of nitrogens with zero attached hydrogens (tertiary/aromatic N) is 4. The van der Waals surface area contributed by atoms with E-state index in [1.165, 1.54) is 3.97 Å². The lowest BCUT2D eigenvalue weighted by Crippen LogP contribution is -2.43. The molecule has 1 aromatic carbocycles. The van der Waals surface area contributed by atoms with E-state index in [2.05, 4.69) is 15.3 Å². The number of benzene rings is 1. The first kappa shape index (κ1) is 21.0. The normalized spacial score (nSPS) is 15.1. The molecule has 1 fully saturated rings. The summed E-state index contributed by atoms with van der Waals surface area (Å²) >= 11 is 6.50. The van der Waals surface area contributed by atoms with Crippen LogP contribution in [0.4, 0.5) is 5.69 Å². The quantitative estimate of drug-likeness (QED) is 0.673. The molecule has 0 saturated carbocycles. The van der Waals surface area contributed by atoms with E-state index in [0.29, 0.717) is 21.9 Å². The fourth-order valence-electron chi connectivity index (χ4n) is 3.80. The van der Waals surface area contributed by atoms with Crippen LogP contribution >= 0.6 is 24.0 Å². The van der Waals surface area contributed by atoms with Crippen molar-refractivity contribution in [2.24, 2.45) is 7.05 Å². The van der Waals surface area contributed by atoms with E-state index < -0.39 is 10.0 Å². The van der Waals surface area contributed by atoms with Gasteiger partial charge in [-0.05, 0) is 32.0 Å². The lowest BCUT2D eigenvalue weighted by Gasteiger charge is -2.30. The molecule has 7 nitrogen and oxygen atoms in total. The predicted molar refractivity (Wildman–Crippen MR) is 115 cm³/mol. The van der Waals surface area contributed by atoms with Crippen LogP contribution in [-0.2, 0) is 17.1 Å². The monoisotopic (exact) mass is 443 g/mol. The molecule has 152 valence electrons. The Kier molecular flexibility index (Phi) is 5.69. The van der Waals surface area contributed by atoms with Crippen LogP contribution in [0.3, 0.4) is 0 Å². The van der Waals surface area contributed by atoms with Crippen molar-refractivity contribution in [1.82, 2.24) is 19.1 Å². The number of aryl methyl sites for hydroxylation is 2. The maximum absolute atomic E-state index is 13.4. The van der Waals surface area contributed by atoms with E-state index in [9.17, 15) is 8.42 Å². The number of anilines is 1. The first-order chi connectivity index (χ1) is 12.8. The molecule has 0 bridgehead atoms. The highest BCUT2D eigenvalue weighted by atomic mass is 35.5. The first-order valence-electron chi connectivity index (χ1n) is 8.83. The first-order valence-corrected chi connectivity index (χ1v) is 10.6. The highest BCUT2D eigenvalue weighted by Gasteiger charge is 2.28. The molecular weight excluding hydrogens is 421 g/mol. The summed E-state index contributed by atoms with van der Waals surface area (Å²) in [7, 11) is -2.02. The maximum atomic E-state index is 13.4. The van der Waals surface area contributed by atoms with Crippen molar-refractivity contribution >= 4 is 50.6 Å². The minimum absolute atomic E-state index is 0. The van der Waals surface area contributed by atoms with Crippen LogP contribution in [0.1, 0.15) is 11.4 Å². The Balaban J connectivity index is 0.00000225. The summed E-state index contributed by atoms with van der Waals surface area (Å²) < 4.78 is 29.7. The van der Waals surface area contributed by atoms with Gasteiger partial charge in [0.1, 0.15) is 4.90 Å². The topological polar surface area (TPSA) is 72.2 Å². The molecule has 0 atom stereocenters. The average Bonchev–Trinajstić information content (AvgIpc) is 3.17. The third kappa shape index (κ3) is 3.18. The number of nitrogens with one attached hydrogen (secondary N) is 1. The molecule has 4 rings (SSSR count). The fraction of sp³-hybridized carbons (Fsp3) is 0.389. The Labute approximate surface area is 175 Å². The summed E-state index contributed by atoms with van der Waals surface area (Å²) in [4.78, 5) is 2.46. The van der Waals surface area contributed by atoms with E-state index in [1.54, 1.807) is 43.9 Å². The summed E-state index contributed by atoms with van der Waals surface area (Å²) in [5.41, 5.74) is 2.62. The van der Waals surface area contributed by atoms with Gasteiger partial charge in [-0.2, -0.15) is 5.10 Å². The van der Waals surface area contributed by atoms with Crippen molar-refractivity contribution in [2.75, 3.05) is 31.1 Å². The molecule has 0 radical (unpaired) electrons. The molecule has 10 heteroatoms. The van der Waals surface area contributed by atoms with Crippen molar-refractivity contribution in [1.29, 1.82) is 0 Å².